The van der Waals surface area contributed by atoms with Gasteiger partial charge < -0.3 is 14.8 Å². The van der Waals surface area contributed by atoms with Crippen LogP contribution < -0.4 is 10.1 Å². The Kier molecular flexibility index (Phi) is 4.70. The van der Waals surface area contributed by atoms with Crippen molar-refractivity contribution in [3.05, 3.63) is 33.9 Å². The number of ether oxygens (including phenoxy) is 2. The average Bonchev–Trinajstić information content (AvgIpc) is 2.40. The van der Waals surface area contributed by atoms with Crippen LogP contribution in [-0.2, 0) is 11.3 Å². The third-order valence-electron chi connectivity index (χ3n) is 3.06. The summed E-state index contributed by atoms with van der Waals surface area (Å²) < 4.78 is 11.0. The molecular formula is C13H18N2O4. The molecule has 0 bridgehead atoms. The normalized spacial score (nSPS) is 16.3. The Labute approximate surface area is 111 Å². The van der Waals surface area contributed by atoms with Crippen LogP contribution in [0, 0.1) is 10.1 Å². The monoisotopic (exact) mass is 266 g/mol. The number of nitro benzene ring substituents is 1. The van der Waals surface area contributed by atoms with E-state index in [1.54, 1.807) is 12.1 Å². The van der Waals surface area contributed by atoms with E-state index in [1.165, 1.54) is 6.07 Å². The summed E-state index contributed by atoms with van der Waals surface area (Å²) in [4.78, 5) is 10.6. The van der Waals surface area contributed by atoms with Gasteiger partial charge in [-0.15, -0.1) is 0 Å². The molecule has 0 aromatic heterocycles. The molecule has 0 spiro atoms. The Balaban J connectivity index is 2.18. The van der Waals surface area contributed by atoms with Crippen LogP contribution in [0.3, 0.4) is 0 Å². The van der Waals surface area contributed by atoms with E-state index in [4.69, 9.17) is 9.47 Å². The molecule has 0 saturated carbocycles. The van der Waals surface area contributed by atoms with Gasteiger partial charge in [0.05, 0.1) is 18.1 Å². The minimum atomic E-state index is -0.405. The lowest BCUT2D eigenvalue weighted by molar-refractivity contribution is -0.386. The molecule has 1 saturated heterocycles. The van der Waals surface area contributed by atoms with Crippen LogP contribution >= 0.6 is 0 Å². The summed E-state index contributed by atoms with van der Waals surface area (Å²) in [5.41, 5.74) is 0.988. The quantitative estimate of drug-likeness (QED) is 0.650. The van der Waals surface area contributed by atoms with Gasteiger partial charge in [0.15, 0.2) is 5.75 Å². The maximum absolute atomic E-state index is 11.0. The summed E-state index contributed by atoms with van der Waals surface area (Å²) in [5.74, 6) is 0.352. The number of hydrogen-bond donors (Lipinski definition) is 1. The molecule has 0 aliphatic carbocycles. The van der Waals surface area contributed by atoms with E-state index < -0.39 is 4.92 Å². The first-order chi connectivity index (χ1) is 9.20. The smallest absolute Gasteiger partial charge is 0.310 e. The molecule has 0 radical (unpaired) electrons. The van der Waals surface area contributed by atoms with E-state index in [9.17, 15) is 10.1 Å². The number of nitrogens with one attached hydrogen (secondary N) is 1. The molecule has 1 N–H and O–H groups in total. The first-order valence-electron chi connectivity index (χ1n) is 6.37. The van der Waals surface area contributed by atoms with E-state index in [-0.39, 0.29) is 11.8 Å². The molecule has 1 aromatic rings. The van der Waals surface area contributed by atoms with Crippen molar-refractivity contribution < 1.29 is 14.4 Å². The number of benzene rings is 1. The molecule has 104 valence electrons. The van der Waals surface area contributed by atoms with Crippen molar-refractivity contribution in [1.29, 1.82) is 0 Å². The Morgan fingerprint density at radius 3 is 2.84 bits per heavy atom. The average molecular weight is 266 g/mol. The molecule has 2 rings (SSSR count). The molecule has 1 aliphatic heterocycles. The topological polar surface area (TPSA) is 73.6 Å². The van der Waals surface area contributed by atoms with Crippen molar-refractivity contribution in [1.82, 2.24) is 5.32 Å². The lowest BCUT2D eigenvalue weighted by Gasteiger charge is -2.23. The fourth-order valence-electron chi connectivity index (χ4n) is 2.09. The zero-order chi connectivity index (χ0) is 13.7. The third kappa shape index (κ3) is 3.65. The Bertz CT molecular complexity index is 444. The Morgan fingerprint density at radius 2 is 2.21 bits per heavy atom. The second-order valence-electron chi connectivity index (χ2n) is 4.52. The maximum Gasteiger partial charge on any atom is 0.310 e. The molecule has 1 fully saturated rings. The van der Waals surface area contributed by atoms with Gasteiger partial charge in [0.2, 0.25) is 0 Å². The SMILES string of the molecule is CNCc1ccc([N+](=O)[O-])c(OC2CCOCC2)c1. The molecule has 6 nitrogen and oxygen atoms in total. The Morgan fingerprint density at radius 1 is 1.47 bits per heavy atom. The third-order valence-corrected chi connectivity index (χ3v) is 3.06. The highest BCUT2D eigenvalue weighted by Crippen LogP contribution is 2.30. The fourth-order valence-corrected chi connectivity index (χ4v) is 2.09. The van der Waals surface area contributed by atoms with Gasteiger partial charge in [-0.05, 0) is 18.7 Å². The van der Waals surface area contributed by atoms with E-state index in [1.807, 2.05) is 7.05 Å². The summed E-state index contributed by atoms with van der Waals surface area (Å²) in [5, 5.41) is 14.0. The maximum atomic E-state index is 11.0. The van der Waals surface area contributed by atoms with Gasteiger partial charge in [0, 0.05) is 25.5 Å². The van der Waals surface area contributed by atoms with Crippen LogP contribution in [0.1, 0.15) is 18.4 Å². The summed E-state index contributed by atoms with van der Waals surface area (Å²) >= 11 is 0. The van der Waals surface area contributed by atoms with Crippen LogP contribution in [0.25, 0.3) is 0 Å². The van der Waals surface area contributed by atoms with Gasteiger partial charge >= 0.3 is 5.69 Å². The van der Waals surface area contributed by atoms with Crippen LogP contribution in [0.4, 0.5) is 5.69 Å². The van der Waals surface area contributed by atoms with Crippen molar-refractivity contribution in [3.63, 3.8) is 0 Å². The van der Waals surface area contributed by atoms with Crippen LogP contribution in [0.15, 0.2) is 18.2 Å². The largest absolute Gasteiger partial charge is 0.483 e. The summed E-state index contributed by atoms with van der Waals surface area (Å²) in [6, 6.07) is 4.98. The zero-order valence-electron chi connectivity index (χ0n) is 10.9. The van der Waals surface area contributed by atoms with Gasteiger partial charge in [-0.2, -0.15) is 0 Å². The van der Waals surface area contributed by atoms with Crippen molar-refractivity contribution in [2.75, 3.05) is 20.3 Å². The number of rotatable bonds is 5. The molecule has 19 heavy (non-hydrogen) atoms. The van der Waals surface area contributed by atoms with Gasteiger partial charge in [0.1, 0.15) is 6.10 Å². The molecular weight excluding hydrogens is 248 g/mol. The highest BCUT2D eigenvalue weighted by molar-refractivity contribution is 5.48. The minimum Gasteiger partial charge on any atom is -0.483 e. The highest BCUT2D eigenvalue weighted by Gasteiger charge is 2.21. The molecule has 0 atom stereocenters. The lowest BCUT2D eigenvalue weighted by Crippen LogP contribution is -2.26. The molecule has 0 unspecified atom stereocenters. The van der Waals surface area contributed by atoms with E-state index in [0.717, 1.165) is 18.4 Å². The van der Waals surface area contributed by atoms with Crippen molar-refractivity contribution >= 4 is 5.69 Å². The van der Waals surface area contributed by atoms with Gasteiger partial charge in [-0.3, -0.25) is 10.1 Å². The second kappa shape index (κ2) is 6.49. The molecule has 0 amide bonds. The van der Waals surface area contributed by atoms with Crippen molar-refractivity contribution in [2.45, 2.75) is 25.5 Å². The summed E-state index contributed by atoms with van der Waals surface area (Å²) in [6.45, 7) is 1.95. The van der Waals surface area contributed by atoms with Crippen molar-refractivity contribution in [3.8, 4) is 5.75 Å². The Hall–Kier alpha value is -1.66. The first-order valence-corrected chi connectivity index (χ1v) is 6.37. The number of nitrogens with zero attached hydrogens (tertiary/aromatic N) is 1. The van der Waals surface area contributed by atoms with E-state index in [2.05, 4.69) is 5.32 Å². The summed E-state index contributed by atoms with van der Waals surface area (Å²) in [7, 11) is 1.83. The minimum absolute atomic E-state index is 0.00251. The molecule has 1 aromatic carbocycles. The lowest BCUT2D eigenvalue weighted by atomic mass is 10.1. The first kappa shape index (κ1) is 13.8. The second-order valence-corrected chi connectivity index (χ2v) is 4.52. The predicted octanol–water partition coefficient (Wildman–Crippen LogP) is 1.87. The number of hydrogen-bond acceptors (Lipinski definition) is 5. The zero-order valence-corrected chi connectivity index (χ0v) is 10.9. The predicted molar refractivity (Wildman–Crippen MR) is 70.3 cm³/mol. The van der Waals surface area contributed by atoms with E-state index >= 15 is 0 Å². The standard InChI is InChI=1S/C13H18N2O4/c1-14-9-10-2-3-12(15(16)17)13(8-10)19-11-4-6-18-7-5-11/h2-3,8,11,14H,4-7,9H2,1H3. The van der Waals surface area contributed by atoms with Gasteiger partial charge in [0.25, 0.3) is 0 Å². The molecule has 1 heterocycles. The highest BCUT2D eigenvalue weighted by atomic mass is 16.6. The molecule has 6 heteroatoms. The van der Waals surface area contributed by atoms with Crippen molar-refractivity contribution in [2.24, 2.45) is 0 Å². The van der Waals surface area contributed by atoms with Gasteiger partial charge in [-0.25, -0.2) is 0 Å². The van der Waals surface area contributed by atoms with Crippen LogP contribution in [0.2, 0.25) is 0 Å². The van der Waals surface area contributed by atoms with Crippen LogP contribution in [-0.4, -0.2) is 31.3 Å². The van der Waals surface area contributed by atoms with E-state index in [0.29, 0.717) is 25.5 Å². The number of nitro groups is 1. The fraction of sp³-hybridized carbons (Fsp3) is 0.538. The van der Waals surface area contributed by atoms with Gasteiger partial charge in [-0.1, -0.05) is 6.07 Å². The van der Waals surface area contributed by atoms with Crippen LogP contribution in [0.5, 0.6) is 5.75 Å². The molecule has 1 aliphatic rings. The summed E-state index contributed by atoms with van der Waals surface area (Å²) in [6.07, 6.45) is 1.54.